The Morgan fingerprint density at radius 1 is 1.29 bits per heavy atom. The summed E-state index contributed by atoms with van der Waals surface area (Å²) in [4.78, 5) is 34.4. The van der Waals surface area contributed by atoms with E-state index in [4.69, 9.17) is 4.74 Å². The van der Waals surface area contributed by atoms with Crippen LogP contribution in [0, 0.1) is 0 Å². The summed E-state index contributed by atoms with van der Waals surface area (Å²) in [5.74, 6) is -0.857. The number of carbonyl (C=O) groups is 3. The monoisotopic (exact) mass is 297 g/mol. The molecule has 0 spiro atoms. The number of para-hydroxylation sites is 1. The maximum Gasteiger partial charge on any atom is 0.429 e. The molecule has 2 rings (SSSR count). The van der Waals surface area contributed by atoms with Crippen molar-refractivity contribution in [2.45, 2.75) is 11.2 Å². The van der Waals surface area contributed by atoms with Crippen LogP contribution in [0.5, 0.6) is 5.75 Å². The molecule has 17 heavy (non-hydrogen) atoms. The molecule has 1 aliphatic heterocycles. The Balaban J connectivity index is 2.11. The molecule has 0 aromatic heterocycles. The standard InChI is InChI=1S/C11H8BrNO4/c12-8-6-9(14)13(10(8)15)11(16)17-7-4-2-1-3-5-7/h1-5,8H,6H2. The zero-order chi connectivity index (χ0) is 12.4. The minimum Gasteiger partial charge on any atom is -0.410 e. The number of carbonyl (C=O) groups excluding carboxylic acids is 3. The lowest BCUT2D eigenvalue weighted by atomic mass is 10.3. The Kier molecular flexibility index (Phi) is 3.23. The predicted molar refractivity (Wildman–Crippen MR) is 61.7 cm³/mol. The molecule has 6 heteroatoms. The van der Waals surface area contributed by atoms with Crippen LogP contribution in [0.2, 0.25) is 0 Å². The van der Waals surface area contributed by atoms with Crippen LogP contribution in [-0.2, 0) is 9.59 Å². The fourth-order valence-electron chi connectivity index (χ4n) is 1.42. The molecule has 0 radical (unpaired) electrons. The van der Waals surface area contributed by atoms with Crippen LogP contribution in [0.4, 0.5) is 4.79 Å². The van der Waals surface area contributed by atoms with E-state index in [9.17, 15) is 14.4 Å². The average Bonchev–Trinajstić information content (AvgIpc) is 2.54. The van der Waals surface area contributed by atoms with Crippen molar-refractivity contribution < 1.29 is 19.1 Å². The van der Waals surface area contributed by atoms with E-state index in [0.29, 0.717) is 4.90 Å². The molecule has 1 unspecified atom stereocenters. The number of likely N-dealkylation sites (tertiary alicyclic amines) is 1. The minimum atomic E-state index is -0.965. The molecule has 0 N–H and O–H groups in total. The molecule has 1 aliphatic rings. The first-order valence-corrected chi connectivity index (χ1v) is 5.79. The van der Waals surface area contributed by atoms with Gasteiger partial charge < -0.3 is 4.74 Å². The van der Waals surface area contributed by atoms with Gasteiger partial charge in [-0.25, -0.2) is 4.79 Å². The molecule has 0 saturated carbocycles. The highest BCUT2D eigenvalue weighted by atomic mass is 79.9. The summed E-state index contributed by atoms with van der Waals surface area (Å²) in [6.45, 7) is 0. The second kappa shape index (κ2) is 4.67. The Hall–Kier alpha value is -1.69. The third-order valence-corrected chi connectivity index (χ3v) is 2.94. The van der Waals surface area contributed by atoms with Gasteiger partial charge in [-0.15, -0.1) is 0 Å². The molecule has 0 aliphatic carbocycles. The molecule has 88 valence electrons. The molecule has 0 bridgehead atoms. The van der Waals surface area contributed by atoms with Crippen molar-refractivity contribution in [1.82, 2.24) is 4.90 Å². The summed E-state index contributed by atoms with van der Waals surface area (Å²) in [7, 11) is 0. The van der Waals surface area contributed by atoms with E-state index in [1.165, 1.54) is 0 Å². The number of alkyl halides is 1. The van der Waals surface area contributed by atoms with Crippen molar-refractivity contribution in [3.63, 3.8) is 0 Å². The van der Waals surface area contributed by atoms with E-state index in [0.717, 1.165) is 0 Å². The van der Waals surface area contributed by atoms with Gasteiger partial charge >= 0.3 is 6.09 Å². The van der Waals surface area contributed by atoms with Crippen molar-refractivity contribution in [2.75, 3.05) is 0 Å². The summed E-state index contributed by atoms with van der Waals surface area (Å²) < 4.78 is 4.91. The van der Waals surface area contributed by atoms with Gasteiger partial charge in [0, 0.05) is 6.42 Å². The normalized spacial score (nSPS) is 19.6. The molecular weight excluding hydrogens is 290 g/mol. The number of imide groups is 3. The smallest absolute Gasteiger partial charge is 0.410 e. The lowest BCUT2D eigenvalue weighted by Crippen LogP contribution is -2.38. The molecule has 1 aromatic carbocycles. The summed E-state index contributed by atoms with van der Waals surface area (Å²) in [6, 6.07) is 8.26. The van der Waals surface area contributed by atoms with Gasteiger partial charge in [0.1, 0.15) is 10.6 Å². The van der Waals surface area contributed by atoms with Gasteiger partial charge in [-0.2, -0.15) is 4.90 Å². The summed E-state index contributed by atoms with van der Waals surface area (Å²) in [5, 5.41) is 0. The quantitative estimate of drug-likeness (QED) is 0.585. The van der Waals surface area contributed by atoms with Crippen LogP contribution in [0.15, 0.2) is 30.3 Å². The van der Waals surface area contributed by atoms with Gasteiger partial charge in [0.2, 0.25) is 5.91 Å². The number of hydrogen-bond donors (Lipinski definition) is 0. The van der Waals surface area contributed by atoms with Crippen molar-refractivity contribution in [3.05, 3.63) is 30.3 Å². The number of nitrogens with zero attached hydrogens (tertiary/aromatic N) is 1. The highest BCUT2D eigenvalue weighted by Crippen LogP contribution is 2.21. The predicted octanol–water partition coefficient (Wildman–Crippen LogP) is 1.71. The van der Waals surface area contributed by atoms with Crippen LogP contribution in [-0.4, -0.2) is 27.6 Å². The molecule has 1 atom stereocenters. The SMILES string of the molecule is O=C1CC(Br)C(=O)N1C(=O)Oc1ccccc1. The van der Waals surface area contributed by atoms with Crippen LogP contribution in [0.25, 0.3) is 0 Å². The topological polar surface area (TPSA) is 63.7 Å². The van der Waals surface area contributed by atoms with Crippen LogP contribution in [0.3, 0.4) is 0 Å². The third kappa shape index (κ3) is 2.36. The maximum absolute atomic E-state index is 11.6. The average molecular weight is 298 g/mol. The van der Waals surface area contributed by atoms with E-state index in [1.807, 2.05) is 0 Å². The van der Waals surface area contributed by atoms with E-state index in [1.54, 1.807) is 30.3 Å². The number of amides is 3. The van der Waals surface area contributed by atoms with Crippen molar-refractivity contribution >= 4 is 33.8 Å². The van der Waals surface area contributed by atoms with Crippen LogP contribution >= 0.6 is 15.9 Å². The Bertz CT molecular complexity index is 474. The lowest BCUT2D eigenvalue weighted by molar-refractivity contribution is -0.135. The van der Waals surface area contributed by atoms with Gasteiger partial charge in [-0.3, -0.25) is 9.59 Å². The van der Waals surface area contributed by atoms with Gasteiger partial charge in [0.05, 0.1) is 0 Å². The third-order valence-electron chi connectivity index (χ3n) is 2.22. The largest absolute Gasteiger partial charge is 0.429 e. The van der Waals surface area contributed by atoms with E-state index in [-0.39, 0.29) is 12.2 Å². The van der Waals surface area contributed by atoms with Gasteiger partial charge in [0.25, 0.3) is 5.91 Å². The van der Waals surface area contributed by atoms with Crippen molar-refractivity contribution in [3.8, 4) is 5.75 Å². The highest BCUT2D eigenvalue weighted by molar-refractivity contribution is 9.10. The van der Waals surface area contributed by atoms with Crippen LogP contribution < -0.4 is 4.74 Å². The number of halogens is 1. The minimum absolute atomic E-state index is 0.0251. The van der Waals surface area contributed by atoms with Crippen molar-refractivity contribution in [2.24, 2.45) is 0 Å². The van der Waals surface area contributed by atoms with E-state index < -0.39 is 22.7 Å². The molecule has 1 fully saturated rings. The number of ether oxygens (including phenoxy) is 1. The first kappa shape index (κ1) is 11.8. The fraction of sp³-hybridized carbons (Fsp3) is 0.182. The fourth-order valence-corrected chi connectivity index (χ4v) is 1.90. The summed E-state index contributed by atoms with van der Waals surface area (Å²) in [6.07, 6.45) is -0.990. The summed E-state index contributed by atoms with van der Waals surface area (Å²) >= 11 is 3.02. The highest BCUT2D eigenvalue weighted by Gasteiger charge is 2.42. The molecule has 1 heterocycles. The lowest BCUT2D eigenvalue weighted by Gasteiger charge is -2.11. The van der Waals surface area contributed by atoms with Gasteiger partial charge in [-0.1, -0.05) is 34.1 Å². The number of hydrogen-bond acceptors (Lipinski definition) is 4. The molecule has 1 aromatic rings. The Morgan fingerprint density at radius 2 is 1.94 bits per heavy atom. The molecule has 1 saturated heterocycles. The maximum atomic E-state index is 11.6. The van der Waals surface area contributed by atoms with Crippen molar-refractivity contribution in [1.29, 1.82) is 0 Å². The Labute approximate surface area is 105 Å². The van der Waals surface area contributed by atoms with Gasteiger partial charge in [-0.05, 0) is 12.1 Å². The number of benzene rings is 1. The molecule has 3 amide bonds. The summed E-state index contributed by atoms with van der Waals surface area (Å²) in [5.41, 5.74) is 0. The Morgan fingerprint density at radius 3 is 2.47 bits per heavy atom. The zero-order valence-electron chi connectivity index (χ0n) is 8.63. The second-order valence-electron chi connectivity index (χ2n) is 3.42. The first-order valence-electron chi connectivity index (χ1n) is 4.87. The van der Waals surface area contributed by atoms with Crippen LogP contribution in [0.1, 0.15) is 6.42 Å². The van der Waals surface area contributed by atoms with E-state index in [2.05, 4.69) is 15.9 Å². The number of rotatable bonds is 1. The zero-order valence-corrected chi connectivity index (χ0v) is 10.2. The first-order chi connectivity index (χ1) is 8.09. The van der Waals surface area contributed by atoms with E-state index >= 15 is 0 Å². The molecular formula is C11H8BrNO4. The second-order valence-corrected chi connectivity index (χ2v) is 4.53. The van der Waals surface area contributed by atoms with Gasteiger partial charge in [0.15, 0.2) is 0 Å². The molecule has 5 nitrogen and oxygen atoms in total.